The first kappa shape index (κ1) is 10.7. The monoisotopic (exact) mass is 207 g/mol. The minimum atomic E-state index is 0.762. The van der Waals surface area contributed by atoms with E-state index in [0.29, 0.717) is 0 Å². The van der Waals surface area contributed by atoms with Crippen LogP contribution >= 0.6 is 0 Å². The predicted octanol–water partition coefficient (Wildman–Crippen LogP) is 2.12. The Labute approximate surface area is 91.7 Å². The summed E-state index contributed by atoms with van der Waals surface area (Å²) >= 11 is 0. The molecule has 2 atom stereocenters. The smallest absolute Gasteiger partial charge is 0.0921 e. The normalized spacial score (nSPS) is 25.9. The molecule has 84 valence electrons. The molecular weight excluding hydrogens is 186 g/mol. The van der Waals surface area contributed by atoms with Gasteiger partial charge in [-0.1, -0.05) is 19.8 Å². The van der Waals surface area contributed by atoms with Crippen molar-refractivity contribution in [2.24, 2.45) is 5.92 Å². The Morgan fingerprint density at radius 1 is 1.53 bits per heavy atom. The SMILES string of the molecule is CCC1CCCC1NCCc1cnc[nH]1. The molecule has 1 aromatic rings. The highest BCUT2D eigenvalue weighted by molar-refractivity contribution is 4.95. The van der Waals surface area contributed by atoms with Crippen molar-refractivity contribution in [1.29, 1.82) is 0 Å². The Balaban J connectivity index is 1.69. The fourth-order valence-corrected chi connectivity index (χ4v) is 2.61. The third-order valence-corrected chi connectivity index (χ3v) is 3.54. The van der Waals surface area contributed by atoms with Crippen molar-refractivity contribution in [3.05, 3.63) is 18.2 Å². The molecule has 1 heterocycles. The van der Waals surface area contributed by atoms with Gasteiger partial charge >= 0.3 is 0 Å². The molecule has 3 heteroatoms. The summed E-state index contributed by atoms with van der Waals surface area (Å²) < 4.78 is 0. The van der Waals surface area contributed by atoms with E-state index in [1.165, 1.54) is 31.4 Å². The van der Waals surface area contributed by atoms with E-state index in [1.54, 1.807) is 6.33 Å². The van der Waals surface area contributed by atoms with Gasteiger partial charge in [0.25, 0.3) is 0 Å². The number of hydrogen-bond donors (Lipinski definition) is 2. The molecule has 2 unspecified atom stereocenters. The Bertz CT molecular complexity index is 268. The molecule has 3 nitrogen and oxygen atoms in total. The number of H-pyrrole nitrogens is 1. The topological polar surface area (TPSA) is 40.7 Å². The minimum absolute atomic E-state index is 0.762. The molecule has 0 saturated heterocycles. The number of hydrogen-bond acceptors (Lipinski definition) is 2. The maximum absolute atomic E-state index is 4.02. The van der Waals surface area contributed by atoms with E-state index >= 15 is 0 Å². The number of rotatable bonds is 5. The Hall–Kier alpha value is -0.830. The van der Waals surface area contributed by atoms with E-state index in [0.717, 1.165) is 24.9 Å². The lowest BCUT2D eigenvalue weighted by molar-refractivity contribution is 0.392. The van der Waals surface area contributed by atoms with Crippen molar-refractivity contribution in [2.45, 2.75) is 45.1 Å². The average Bonchev–Trinajstić information content (AvgIpc) is 2.88. The maximum Gasteiger partial charge on any atom is 0.0921 e. The van der Waals surface area contributed by atoms with Crippen LogP contribution in [0.15, 0.2) is 12.5 Å². The van der Waals surface area contributed by atoms with E-state index < -0.39 is 0 Å². The summed E-state index contributed by atoms with van der Waals surface area (Å²) in [5.41, 5.74) is 1.23. The zero-order valence-corrected chi connectivity index (χ0v) is 9.50. The van der Waals surface area contributed by atoms with Gasteiger partial charge < -0.3 is 10.3 Å². The van der Waals surface area contributed by atoms with Crippen LogP contribution in [0.4, 0.5) is 0 Å². The van der Waals surface area contributed by atoms with Gasteiger partial charge in [-0.25, -0.2) is 4.98 Å². The van der Waals surface area contributed by atoms with Crippen LogP contribution in [0.3, 0.4) is 0 Å². The molecule has 1 saturated carbocycles. The lowest BCUT2D eigenvalue weighted by Gasteiger charge is -2.19. The second kappa shape index (κ2) is 5.31. The van der Waals surface area contributed by atoms with E-state index in [-0.39, 0.29) is 0 Å². The molecule has 15 heavy (non-hydrogen) atoms. The van der Waals surface area contributed by atoms with Crippen LogP contribution in [0.1, 0.15) is 38.3 Å². The van der Waals surface area contributed by atoms with Crippen LogP contribution in [0, 0.1) is 5.92 Å². The lowest BCUT2D eigenvalue weighted by Crippen LogP contribution is -2.33. The third kappa shape index (κ3) is 2.81. The quantitative estimate of drug-likeness (QED) is 0.776. The number of nitrogens with one attached hydrogen (secondary N) is 2. The molecule has 0 amide bonds. The molecular formula is C12H21N3. The van der Waals surface area contributed by atoms with Crippen LogP contribution in [-0.2, 0) is 6.42 Å². The number of aromatic amines is 1. The van der Waals surface area contributed by atoms with Crippen molar-refractivity contribution in [3.63, 3.8) is 0 Å². The van der Waals surface area contributed by atoms with Gasteiger partial charge in [-0.3, -0.25) is 0 Å². The fraction of sp³-hybridized carbons (Fsp3) is 0.750. The molecule has 0 spiro atoms. The summed E-state index contributed by atoms with van der Waals surface area (Å²) in [6.07, 6.45) is 10.2. The van der Waals surface area contributed by atoms with Crippen molar-refractivity contribution < 1.29 is 0 Å². The summed E-state index contributed by atoms with van der Waals surface area (Å²) in [5.74, 6) is 0.909. The largest absolute Gasteiger partial charge is 0.348 e. The molecule has 2 N–H and O–H groups in total. The summed E-state index contributed by atoms with van der Waals surface area (Å²) in [6, 6.07) is 0.762. The first-order valence-corrected chi connectivity index (χ1v) is 6.10. The molecule has 0 aliphatic heterocycles. The number of aromatic nitrogens is 2. The standard InChI is InChI=1S/C12H21N3/c1-2-10-4-3-5-12(10)14-7-6-11-8-13-9-15-11/h8-10,12,14H,2-7H2,1H3,(H,13,15). The van der Waals surface area contributed by atoms with Gasteiger partial charge in [0.05, 0.1) is 6.33 Å². The first-order valence-electron chi connectivity index (χ1n) is 6.10. The van der Waals surface area contributed by atoms with Crippen molar-refractivity contribution in [2.75, 3.05) is 6.54 Å². The molecule has 0 radical (unpaired) electrons. The molecule has 1 aliphatic carbocycles. The van der Waals surface area contributed by atoms with Gasteiger partial charge in [-0.2, -0.15) is 0 Å². The van der Waals surface area contributed by atoms with Gasteiger partial charge in [0, 0.05) is 30.9 Å². The Morgan fingerprint density at radius 3 is 3.20 bits per heavy atom. The Morgan fingerprint density at radius 2 is 2.47 bits per heavy atom. The maximum atomic E-state index is 4.02. The third-order valence-electron chi connectivity index (χ3n) is 3.54. The van der Waals surface area contributed by atoms with Crippen LogP contribution in [-0.4, -0.2) is 22.6 Å². The summed E-state index contributed by atoms with van der Waals surface area (Å²) in [4.78, 5) is 7.16. The molecule has 0 aromatic carbocycles. The van der Waals surface area contributed by atoms with Gasteiger partial charge in [-0.05, 0) is 18.8 Å². The summed E-state index contributed by atoms with van der Waals surface area (Å²) in [6.45, 7) is 3.38. The van der Waals surface area contributed by atoms with Crippen LogP contribution < -0.4 is 5.32 Å². The number of imidazole rings is 1. The molecule has 1 fully saturated rings. The lowest BCUT2D eigenvalue weighted by atomic mass is 10.0. The summed E-state index contributed by atoms with van der Waals surface area (Å²) in [5, 5.41) is 3.67. The van der Waals surface area contributed by atoms with E-state index in [2.05, 4.69) is 22.2 Å². The van der Waals surface area contributed by atoms with Crippen molar-refractivity contribution >= 4 is 0 Å². The van der Waals surface area contributed by atoms with Crippen molar-refractivity contribution in [1.82, 2.24) is 15.3 Å². The van der Waals surface area contributed by atoms with E-state index in [4.69, 9.17) is 0 Å². The van der Waals surface area contributed by atoms with E-state index in [1.807, 2.05) is 6.20 Å². The zero-order chi connectivity index (χ0) is 10.5. The molecule has 1 aliphatic rings. The average molecular weight is 207 g/mol. The van der Waals surface area contributed by atoms with Gasteiger partial charge in [-0.15, -0.1) is 0 Å². The predicted molar refractivity (Wildman–Crippen MR) is 61.7 cm³/mol. The fourth-order valence-electron chi connectivity index (χ4n) is 2.61. The van der Waals surface area contributed by atoms with Crippen molar-refractivity contribution in [3.8, 4) is 0 Å². The van der Waals surface area contributed by atoms with Crippen LogP contribution in [0.25, 0.3) is 0 Å². The molecule has 2 rings (SSSR count). The highest BCUT2D eigenvalue weighted by Crippen LogP contribution is 2.27. The molecule has 1 aromatic heterocycles. The highest BCUT2D eigenvalue weighted by Gasteiger charge is 2.24. The second-order valence-corrected chi connectivity index (χ2v) is 4.49. The zero-order valence-electron chi connectivity index (χ0n) is 9.50. The van der Waals surface area contributed by atoms with Crippen LogP contribution in [0.5, 0.6) is 0 Å². The van der Waals surface area contributed by atoms with Crippen LogP contribution in [0.2, 0.25) is 0 Å². The van der Waals surface area contributed by atoms with E-state index in [9.17, 15) is 0 Å². The van der Waals surface area contributed by atoms with Gasteiger partial charge in [0.1, 0.15) is 0 Å². The highest BCUT2D eigenvalue weighted by atomic mass is 14.9. The van der Waals surface area contributed by atoms with Gasteiger partial charge in [0.2, 0.25) is 0 Å². The summed E-state index contributed by atoms with van der Waals surface area (Å²) in [7, 11) is 0. The first-order chi connectivity index (χ1) is 7.40. The molecule has 0 bridgehead atoms. The second-order valence-electron chi connectivity index (χ2n) is 4.49. The Kier molecular flexibility index (Phi) is 3.78. The van der Waals surface area contributed by atoms with Gasteiger partial charge in [0.15, 0.2) is 0 Å². The number of nitrogens with zero attached hydrogens (tertiary/aromatic N) is 1. The minimum Gasteiger partial charge on any atom is -0.348 e.